The maximum atomic E-state index is 12.6. The SMILES string of the molecule is Cc1nc(SCC(=O)c2ccc(CN)s2)c2cc(N3CCCCC3)ccc2n1. The second-order valence-corrected chi connectivity index (χ2v) is 9.14. The summed E-state index contributed by atoms with van der Waals surface area (Å²) >= 11 is 2.97. The summed E-state index contributed by atoms with van der Waals surface area (Å²) in [6, 6.07) is 10.2. The minimum Gasteiger partial charge on any atom is -0.372 e. The zero-order chi connectivity index (χ0) is 19.5. The number of nitrogens with zero attached hydrogens (tertiary/aromatic N) is 3. The minimum absolute atomic E-state index is 0.117. The van der Waals surface area contributed by atoms with Gasteiger partial charge in [-0.2, -0.15) is 0 Å². The molecule has 1 aromatic carbocycles. The van der Waals surface area contributed by atoms with Gasteiger partial charge in [-0.1, -0.05) is 11.8 Å². The summed E-state index contributed by atoms with van der Waals surface area (Å²) in [6.45, 7) is 4.57. The van der Waals surface area contributed by atoms with Crippen molar-refractivity contribution >= 4 is 45.5 Å². The Balaban J connectivity index is 1.58. The van der Waals surface area contributed by atoms with Crippen molar-refractivity contribution in [2.45, 2.75) is 37.8 Å². The number of aromatic nitrogens is 2. The summed E-state index contributed by atoms with van der Waals surface area (Å²) in [5, 5.41) is 1.91. The first kappa shape index (κ1) is 19.4. The van der Waals surface area contributed by atoms with Crippen LogP contribution in [0.2, 0.25) is 0 Å². The van der Waals surface area contributed by atoms with Crippen molar-refractivity contribution in [2.75, 3.05) is 23.7 Å². The Labute approximate surface area is 173 Å². The van der Waals surface area contributed by atoms with Crippen molar-refractivity contribution in [3.05, 3.63) is 45.9 Å². The van der Waals surface area contributed by atoms with Crippen LogP contribution in [0.5, 0.6) is 0 Å². The van der Waals surface area contributed by atoms with Crippen LogP contribution in [0.1, 0.15) is 39.6 Å². The van der Waals surface area contributed by atoms with Crippen molar-refractivity contribution in [2.24, 2.45) is 5.73 Å². The van der Waals surface area contributed by atoms with Gasteiger partial charge in [-0.15, -0.1) is 11.3 Å². The zero-order valence-corrected chi connectivity index (χ0v) is 17.6. The number of hydrogen-bond donors (Lipinski definition) is 1. The Morgan fingerprint density at radius 2 is 2.00 bits per heavy atom. The lowest BCUT2D eigenvalue weighted by Crippen LogP contribution is -2.29. The molecule has 0 unspecified atom stereocenters. The molecule has 146 valence electrons. The molecule has 3 heterocycles. The molecule has 0 atom stereocenters. The molecule has 7 heteroatoms. The van der Waals surface area contributed by atoms with E-state index in [1.54, 1.807) is 0 Å². The first-order valence-corrected chi connectivity index (χ1v) is 11.4. The van der Waals surface area contributed by atoms with Crippen LogP contribution in [0.25, 0.3) is 10.9 Å². The van der Waals surface area contributed by atoms with Crippen molar-refractivity contribution in [3.8, 4) is 0 Å². The summed E-state index contributed by atoms with van der Waals surface area (Å²) in [6.07, 6.45) is 3.79. The first-order valence-electron chi connectivity index (χ1n) is 9.62. The topological polar surface area (TPSA) is 72.1 Å². The molecule has 0 aliphatic carbocycles. The number of hydrogen-bond acceptors (Lipinski definition) is 7. The first-order chi connectivity index (χ1) is 13.6. The van der Waals surface area contributed by atoms with E-state index in [0.717, 1.165) is 44.6 Å². The normalized spacial score (nSPS) is 14.6. The van der Waals surface area contributed by atoms with Gasteiger partial charge in [-0.3, -0.25) is 4.79 Å². The molecule has 1 aliphatic heterocycles. The molecule has 0 saturated carbocycles. The van der Waals surface area contributed by atoms with Crippen LogP contribution < -0.4 is 10.6 Å². The van der Waals surface area contributed by atoms with E-state index in [-0.39, 0.29) is 5.78 Å². The number of carbonyl (C=O) groups is 1. The van der Waals surface area contributed by atoms with Crippen LogP contribution in [-0.4, -0.2) is 34.6 Å². The van der Waals surface area contributed by atoms with Gasteiger partial charge in [0.05, 0.1) is 16.1 Å². The fourth-order valence-electron chi connectivity index (χ4n) is 3.50. The van der Waals surface area contributed by atoms with Crippen LogP contribution >= 0.6 is 23.1 Å². The number of benzene rings is 1. The van der Waals surface area contributed by atoms with Crippen LogP contribution in [-0.2, 0) is 6.54 Å². The van der Waals surface area contributed by atoms with Gasteiger partial charge in [-0.25, -0.2) is 9.97 Å². The molecule has 1 fully saturated rings. The number of fused-ring (bicyclic) bond motifs is 1. The summed E-state index contributed by atoms with van der Waals surface area (Å²) in [5.74, 6) is 1.21. The summed E-state index contributed by atoms with van der Waals surface area (Å²) in [4.78, 5) is 26.0. The van der Waals surface area contributed by atoms with E-state index in [1.807, 2.05) is 19.1 Å². The Bertz CT molecular complexity index is 995. The molecule has 5 nitrogen and oxygen atoms in total. The molecule has 1 aliphatic rings. The van der Waals surface area contributed by atoms with Crippen LogP contribution in [0.3, 0.4) is 0 Å². The van der Waals surface area contributed by atoms with Crippen LogP contribution in [0, 0.1) is 6.92 Å². The highest BCUT2D eigenvalue weighted by atomic mass is 32.2. The largest absolute Gasteiger partial charge is 0.372 e. The van der Waals surface area contributed by atoms with Crippen molar-refractivity contribution in [1.29, 1.82) is 0 Å². The number of anilines is 1. The third-order valence-corrected chi connectivity index (χ3v) is 7.09. The van der Waals surface area contributed by atoms with Crippen molar-refractivity contribution in [1.82, 2.24) is 9.97 Å². The van der Waals surface area contributed by atoms with E-state index in [9.17, 15) is 4.79 Å². The van der Waals surface area contributed by atoms with Gasteiger partial charge in [0.2, 0.25) is 0 Å². The van der Waals surface area contributed by atoms with Gasteiger partial charge < -0.3 is 10.6 Å². The highest BCUT2D eigenvalue weighted by Crippen LogP contribution is 2.31. The Morgan fingerprint density at radius 3 is 2.75 bits per heavy atom. The molecule has 2 N–H and O–H groups in total. The summed E-state index contributed by atoms with van der Waals surface area (Å²) in [5.41, 5.74) is 7.81. The van der Waals surface area contributed by atoms with Gasteiger partial charge in [0.1, 0.15) is 10.9 Å². The van der Waals surface area contributed by atoms with Crippen molar-refractivity contribution in [3.63, 3.8) is 0 Å². The second-order valence-electron chi connectivity index (χ2n) is 7.01. The molecule has 4 rings (SSSR count). The maximum absolute atomic E-state index is 12.6. The highest BCUT2D eigenvalue weighted by molar-refractivity contribution is 8.00. The van der Waals surface area contributed by atoms with E-state index in [1.165, 1.54) is 48.0 Å². The van der Waals surface area contributed by atoms with Crippen molar-refractivity contribution < 1.29 is 4.79 Å². The number of carbonyl (C=O) groups excluding carboxylic acids is 1. The Morgan fingerprint density at radius 1 is 1.18 bits per heavy atom. The minimum atomic E-state index is 0.117. The monoisotopic (exact) mass is 412 g/mol. The average molecular weight is 413 g/mol. The number of thiophene rings is 1. The maximum Gasteiger partial charge on any atom is 0.183 e. The second kappa shape index (κ2) is 8.59. The number of rotatable bonds is 6. The lowest BCUT2D eigenvalue weighted by molar-refractivity contribution is 0.102. The molecule has 1 saturated heterocycles. The molecule has 0 amide bonds. The molecule has 3 aromatic rings. The third-order valence-electron chi connectivity index (χ3n) is 4.95. The number of piperidine rings is 1. The molecular weight excluding hydrogens is 388 g/mol. The Hall–Kier alpha value is -1.96. The molecule has 0 bridgehead atoms. The molecule has 0 spiro atoms. The van der Waals surface area contributed by atoms with Crippen LogP contribution in [0.4, 0.5) is 5.69 Å². The number of ketones is 1. The van der Waals surface area contributed by atoms with E-state index in [0.29, 0.717) is 12.3 Å². The van der Waals surface area contributed by atoms with E-state index in [2.05, 4.69) is 33.1 Å². The van der Waals surface area contributed by atoms with E-state index >= 15 is 0 Å². The number of thioether (sulfide) groups is 1. The summed E-state index contributed by atoms with van der Waals surface area (Å²) < 4.78 is 0. The standard InChI is InChI=1S/C21H24N4OS2/c1-14-23-18-7-5-15(25-9-3-2-4-10-25)11-17(18)21(24-14)27-13-19(26)20-8-6-16(12-22)28-20/h5-8,11H,2-4,9-10,12-13,22H2,1H3. The third kappa shape index (κ3) is 4.21. The number of aryl methyl sites for hydroxylation is 1. The van der Waals surface area contributed by atoms with Gasteiger partial charge in [-0.05, 0) is 56.5 Å². The molecular formula is C21H24N4OS2. The van der Waals surface area contributed by atoms with Gasteiger partial charge in [0.25, 0.3) is 0 Å². The lowest BCUT2D eigenvalue weighted by atomic mass is 10.1. The smallest absolute Gasteiger partial charge is 0.183 e. The van der Waals surface area contributed by atoms with Gasteiger partial charge in [0, 0.05) is 35.6 Å². The predicted molar refractivity (Wildman–Crippen MR) is 118 cm³/mol. The average Bonchev–Trinajstić information content (AvgIpc) is 3.21. The zero-order valence-electron chi connectivity index (χ0n) is 16.0. The van der Waals surface area contributed by atoms with E-state index < -0.39 is 0 Å². The lowest BCUT2D eigenvalue weighted by Gasteiger charge is -2.29. The number of nitrogens with two attached hydrogens (primary N) is 1. The Kier molecular flexibility index (Phi) is 5.94. The predicted octanol–water partition coefficient (Wildman–Crippen LogP) is 4.42. The fraction of sp³-hybridized carbons (Fsp3) is 0.381. The summed E-state index contributed by atoms with van der Waals surface area (Å²) in [7, 11) is 0. The van der Waals surface area contributed by atoms with Gasteiger partial charge in [0.15, 0.2) is 5.78 Å². The van der Waals surface area contributed by atoms with Crippen LogP contribution in [0.15, 0.2) is 35.4 Å². The fourth-order valence-corrected chi connectivity index (χ4v) is 5.35. The molecule has 2 aromatic heterocycles. The molecule has 28 heavy (non-hydrogen) atoms. The molecule has 0 radical (unpaired) electrons. The van der Waals surface area contributed by atoms with E-state index in [4.69, 9.17) is 5.73 Å². The van der Waals surface area contributed by atoms with Gasteiger partial charge >= 0.3 is 0 Å². The highest BCUT2D eigenvalue weighted by Gasteiger charge is 2.16. The quantitative estimate of drug-likeness (QED) is 0.367. The number of Topliss-reactive ketones (excluding diaryl/α,β-unsaturated/α-hetero) is 1.